The summed E-state index contributed by atoms with van der Waals surface area (Å²) in [5, 5.41) is 14.8. The lowest BCUT2D eigenvalue weighted by molar-refractivity contribution is -0.0331. The summed E-state index contributed by atoms with van der Waals surface area (Å²) >= 11 is 0. The Morgan fingerprint density at radius 1 is 1.48 bits per heavy atom. The summed E-state index contributed by atoms with van der Waals surface area (Å²) in [6.07, 6.45) is 9.60. The first kappa shape index (κ1) is 17.8. The van der Waals surface area contributed by atoms with Crippen molar-refractivity contribution in [2.45, 2.75) is 64.1 Å². The Labute approximate surface area is 127 Å². The van der Waals surface area contributed by atoms with E-state index in [4.69, 9.17) is 16.3 Å². The van der Waals surface area contributed by atoms with E-state index in [0.717, 1.165) is 25.7 Å². The van der Waals surface area contributed by atoms with E-state index >= 15 is 0 Å². The van der Waals surface area contributed by atoms with Crippen molar-refractivity contribution in [1.82, 2.24) is 10.6 Å². The molecule has 0 aromatic carbocycles. The van der Waals surface area contributed by atoms with Gasteiger partial charge < -0.3 is 20.5 Å². The number of carbonyl (C=O) groups excluding carboxylic acids is 1. The van der Waals surface area contributed by atoms with Crippen molar-refractivity contribution in [1.29, 1.82) is 0 Å². The Kier molecular flexibility index (Phi) is 8.17. The molecule has 0 aliphatic carbocycles. The molecular formula is C16H28N2O3. The maximum Gasteiger partial charge on any atom is 0.315 e. The molecule has 2 amide bonds. The third kappa shape index (κ3) is 5.94. The molecule has 21 heavy (non-hydrogen) atoms. The third-order valence-corrected chi connectivity index (χ3v) is 4.14. The summed E-state index contributed by atoms with van der Waals surface area (Å²) < 4.78 is 5.84. The number of urea groups is 1. The number of aliphatic hydroxyl groups is 1. The van der Waals surface area contributed by atoms with Crippen molar-refractivity contribution < 1.29 is 14.6 Å². The van der Waals surface area contributed by atoms with E-state index in [-0.39, 0.29) is 30.8 Å². The topological polar surface area (TPSA) is 70.6 Å². The first-order valence-electron chi connectivity index (χ1n) is 7.87. The van der Waals surface area contributed by atoms with Crippen LogP contribution in [0.1, 0.15) is 46.0 Å². The van der Waals surface area contributed by atoms with Crippen LogP contribution in [0.2, 0.25) is 0 Å². The second-order valence-electron chi connectivity index (χ2n) is 5.61. The summed E-state index contributed by atoms with van der Waals surface area (Å²) in [6.45, 7) is 4.88. The van der Waals surface area contributed by atoms with Gasteiger partial charge in [-0.05, 0) is 18.8 Å². The first-order chi connectivity index (χ1) is 10.1. The van der Waals surface area contributed by atoms with Gasteiger partial charge in [0.25, 0.3) is 0 Å². The van der Waals surface area contributed by atoms with Crippen LogP contribution in [0.25, 0.3) is 0 Å². The number of amides is 2. The van der Waals surface area contributed by atoms with Crippen LogP contribution in [0.4, 0.5) is 4.79 Å². The highest BCUT2D eigenvalue weighted by atomic mass is 16.5. The van der Waals surface area contributed by atoms with Crippen molar-refractivity contribution >= 4 is 6.03 Å². The van der Waals surface area contributed by atoms with Crippen LogP contribution in [0.5, 0.6) is 0 Å². The van der Waals surface area contributed by atoms with Gasteiger partial charge in [0.1, 0.15) is 0 Å². The maximum absolute atomic E-state index is 11.9. The van der Waals surface area contributed by atoms with Gasteiger partial charge in [0.2, 0.25) is 0 Å². The van der Waals surface area contributed by atoms with Crippen LogP contribution in [0, 0.1) is 18.3 Å². The van der Waals surface area contributed by atoms with Crippen LogP contribution < -0.4 is 10.6 Å². The van der Waals surface area contributed by atoms with E-state index in [0.29, 0.717) is 18.9 Å². The Balaban J connectivity index is 2.43. The van der Waals surface area contributed by atoms with Crippen LogP contribution in [-0.4, -0.2) is 42.5 Å². The molecule has 0 spiro atoms. The number of hydrogen-bond donors (Lipinski definition) is 3. The fraction of sp³-hybridized carbons (Fsp3) is 0.812. The molecule has 1 rings (SSSR count). The molecule has 0 aromatic heterocycles. The van der Waals surface area contributed by atoms with Crippen molar-refractivity contribution in [2.75, 3.05) is 13.2 Å². The minimum Gasteiger partial charge on any atom is -0.394 e. The molecule has 0 saturated carbocycles. The first-order valence-corrected chi connectivity index (χ1v) is 7.87. The van der Waals surface area contributed by atoms with E-state index < -0.39 is 0 Å². The molecule has 1 fully saturated rings. The van der Waals surface area contributed by atoms with Gasteiger partial charge in [-0.15, -0.1) is 12.3 Å². The predicted molar refractivity (Wildman–Crippen MR) is 82.8 cm³/mol. The summed E-state index contributed by atoms with van der Waals surface area (Å²) in [5.41, 5.74) is 0. The van der Waals surface area contributed by atoms with Crippen LogP contribution >= 0.6 is 0 Å². The molecule has 3 atom stereocenters. The number of aliphatic hydroxyl groups excluding tert-OH is 1. The van der Waals surface area contributed by atoms with Gasteiger partial charge in [-0.1, -0.05) is 26.7 Å². The summed E-state index contributed by atoms with van der Waals surface area (Å²) in [6, 6.07) is -0.529. The number of ether oxygens (including phenoxy) is 1. The largest absolute Gasteiger partial charge is 0.394 e. The van der Waals surface area contributed by atoms with Crippen LogP contribution in [-0.2, 0) is 4.74 Å². The Bertz CT molecular complexity index is 350. The average Bonchev–Trinajstić information content (AvgIpc) is 2.48. The molecule has 5 heteroatoms. The van der Waals surface area contributed by atoms with E-state index in [1.54, 1.807) is 0 Å². The fourth-order valence-corrected chi connectivity index (χ4v) is 2.82. The van der Waals surface area contributed by atoms with E-state index in [1.165, 1.54) is 0 Å². The normalized spacial score (nSPS) is 23.4. The van der Waals surface area contributed by atoms with Gasteiger partial charge in [-0.25, -0.2) is 4.79 Å². The molecular weight excluding hydrogens is 268 g/mol. The number of hydrogen-bond acceptors (Lipinski definition) is 3. The number of nitrogens with one attached hydrogen (secondary N) is 2. The lowest BCUT2D eigenvalue weighted by Gasteiger charge is -2.34. The standard InChI is InChI=1S/C16H28N2O3/c1-4-7-14(11-19)18-16(20)17-13-8-9-21-15(10-13)12(5-2)6-3/h1,12-15,19H,5-11H2,2-3H3,(H2,17,18,20). The van der Waals surface area contributed by atoms with E-state index in [1.807, 2.05) is 0 Å². The van der Waals surface area contributed by atoms with Gasteiger partial charge in [-0.2, -0.15) is 0 Å². The SMILES string of the molecule is C#CCC(CO)NC(=O)NC1CCOC(C(CC)CC)C1. The summed E-state index contributed by atoms with van der Waals surface area (Å²) in [7, 11) is 0. The zero-order valence-electron chi connectivity index (χ0n) is 13.1. The molecule has 0 radical (unpaired) electrons. The Morgan fingerprint density at radius 3 is 2.76 bits per heavy atom. The lowest BCUT2D eigenvalue weighted by Crippen LogP contribution is -2.50. The smallest absolute Gasteiger partial charge is 0.315 e. The summed E-state index contributed by atoms with van der Waals surface area (Å²) in [5.74, 6) is 2.99. The number of carbonyl (C=O) groups is 1. The van der Waals surface area contributed by atoms with E-state index in [9.17, 15) is 4.79 Å². The molecule has 1 aliphatic rings. The minimum absolute atomic E-state index is 0.120. The second-order valence-corrected chi connectivity index (χ2v) is 5.61. The van der Waals surface area contributed by atoms with Gasteiger partial charge in [0.15, 0.2) is 0 Å². The molecule has 1 aliphatic heterocycles. The van der Waals surface area contributed by atoms with Crippen molar-refractivity contribution in [3.8, 4) is 12.3 Å². The lowest BCUT2D eigenvalue weighted by atomic mass is 9.89. The quantitative estimate of drug-likeness (QED) is 0.626. The Hall–Kier alpha value is -1.25. The zero-order valence-corrected chi connectivity index (χ0v) is 13.1. The third-order valence-electron chi connectivity index (χ3n) is 4.14. The molecule has 1 heterocycles. The highest BCUT2D eigenvalue weighted by molar-refractivity contribution is 5.74. The van der Waals surface area contributed by atoms with Gasteiger partial charge in [-0.3, -0.25) is 0 Å². The number of rotatable bonds is 7. The summed E-state index contributed by atoms with van der Waals surface area (Å²) in [4.78, 5) is 11.9. The maximum atomic E-state index is 11.9. The minimum atomic E-state index is -0.385. The number of terminal acetylenes is 1. The molecule has 5 nitrogen and oxygen atoms in total. The van der Waals surface area contributed by atoms with Crippen LogP contribution in [0.3, 0.4) is 0 Å². The van der Waals surface area contributed by atoms with Crippen molar-refractivity contribution in [2.24, 2.45) is 5.92 Å². The molecule has 3 unspecified atom stereocenters. The van der Waals surface area contributed by atoms with Gasteiger partial charge in [0, 0.05) is 19.1 Å². The fourth-order valence-electron chi connectivity index (χ4n) is 2.82. The zero-order chi connectivity index (χ0) is 15.7. The van der Waals surface area contributed by atoms with Crippen LogP contribution in [0.15, 0.2) is 0 Å². The highest BCUT2D eigenvalue weighted by Gasteiger charge is 2.28. The Morgan fingerprint density at radius 2 is 2.19 bits per heavy atom. The predicted octanol–water partition coefficient (Wildman–Crippen LogP) is 1.65. The van der Waals surface area contributed by atoms with Gasteiger partial charge in [0.05, 0.1) is 18.8 Å². The molecule has 3 N–H and O–H groups in total. The van der Waals surface area contributed by atoms with Crippen molar-refractivity contribution in [3.63, 3.8) is 0 Å². The van der Waals surface area contributed by atoms with Crippen molar-refractivity contribution in [3.05, 3.63) is 0 Å². The average molecular weight is 296 g/mol. The van der Waals surface area contributed by atoms with Gasteiger partial charge >= 0.3 is 6.03 Å². The molecule has 120 valence electrons. The highest BCUT2D eigenvalue weighted by Crippen LogP contribution is 2.25. The monoisotopic (exact) mass is 296 g/mol. The molecule has 1 saturated heterocycles. The molecule has 0 bridgehead atoms. The van der Waals surface area contributed by atoms with E-state index in [2.05, 4.69) is 30.4 Å². The molecule has 0 aromatic rings. The second kappa shape index (κ2) is 9.64.